The molecule has 0 spiro atoms. The van der Waals surface area contributed by atoms with Crippen LogP contribution in [0.1, 0.15) is 6.42 Å². The van der Waals surface area contributed by atoms with Crippen LogP contribution in [-0.4, -0.2) is 17.9 Å². The Morgan fingerprint density at radius 3 is 2.57 bits per heavy atom. The van der Waals surface area contributed by atoms with Crippen molar-refractivity contribution in [2.24, 2.45) is 0 Å². The van der Waals surface area contributed by atoms with E-state index in [2.05, 4.69) is 21.2 Å². The Hall–Kier alpha value is -1.56. The first kappa shape index (κ1) is 16.3. The maximum Gasteiger partial charge on any atom is 0.256 e. The van der Waals surface area contributed by atoms with Crippen LogP contribution in [0.25, 0.3) is 0 Å². The van der Waals surface area contributed by atoms with Gasteiger partial charge in [-0.15, -0.1) is 0 Å². The molecule has 2 aromatic carbocycles. The lowest BCUT2D eigenvalue weighted by molar-refractivity contribution is -0.121. The van der Waals surface area contributed by atoms with E-state index in [1.165, 1.54) is 4.90 Å². The fraction of sp³-hybridized carbons (Fsp3) is 0.125. The Kier molecular flexibility index (Phi) is 4.62. The zero-order valence-corrected chi connectivity index (χ0v) is 14.8. The van der Waals surface area contributed by atoms with E-state index in [1.807, 2.05) is 6.07 Å². The molecule has 0 aliphatic carbocycles. The molecule has 0 unspecified atom stereocenters. The minimum Gasteiger partial charge on any atom is -0.372 e. The highest BCUT2D eigenvalue weighted by atomic mass is 79.9. The number of halogens is 3. The average molecular weight is 414 g/mol. The lowest BCUT2D eigenvalue weighted by Gasteiger charge is -2.17. The third-order valence-electron chi connectivity index (χ3n) is 3.50. The van der Waals surface area contributed by atoms with Gasteiger partial charge in [0.2, 0.25) is 5.91 Å². The van der Waals surface area contributed by atoms with Crippen LogP contribution in [0.5, 0.6) is 0 Å². The molecule has 0 bridgehead atoms. The molecule has 1 atom stereocenters. The number of rotatable bonds is 3. The van der Waals surface area contributed by atoms with E-state index in [0.29, 0.717) is 25.9 Å². The number of hydrogen-bond acceptors (Lipinski definition) is 3. The number of nitrogens with zero attached hydrogens (tertiary/aromatic N) is 1. The summed E-state index contributed by atoms with van der Waals surface area (Å²) in [7, 11) is 0. The molecular weight excluding hydrogens is 403 g/mol. The number of amides is 2. The van der Waals surface area contributed by atoms with Gasteiger partial charge in [-0.3, -0.25) is 9.59 Å². The first-order valence-corrected chi connectivity index (χ1v) is 8.35. The molecule has 7 heteroatoms. The van der Waals surface area contributed by atoms with Gasteiger partial charge in [-0.2, -0.15) is 0 Å². The number of anilines is 2. The summed E-state index contributed by atoms with van der Waals surface area (Å²) in [5.41, 5.74) is 1.10. The summed E-state index contributed by atoms with van der Waals surface area (Å²) in [6.07, 6.45) is 0.0686. The fourth-order valence-electron chi connectivity index (χ4n) is 2.43. The van der Waals surface area contributed by atoms with E-state index >= 15 is 0 Å². The topological polar surface area (TPSA) is 49.4 Å². The highest BCUT2D eigenvalue weighted by Gasteiger charge is 2.40. The van der Waals surface area contributed by atoms with Gasteiger partial charge in [0.25, 0.3) is 5.91 Å². The van der Waals surface area contributed by atoms with Crippen LogP contribution in [0.2, 0.25) is 10.0 Å². The van der Waals surface area contributed by atoms with Crippen LogP contribution in [0.4, 0.5) is 11.4 Å². The molecule has 23 heavy (non-hydrogen) atoms. The van der Waals surface area contributed by atoms with Crippen molar-refractivity contribution in [2.75, 3.05) is 10.2 Å². The third kappa shape index (κ3) is 3.22. The van der Waals surface area contributed by atoms with Gasteiger partial charge in [0.15, 0.2) is 0 Å². The number of carbonyl (C=O) groups excluding carboxylic acids is 2. The first-order chi connectivity index (χ1) is 11.0. The number of para-hydroxylation sites is 1. The Labute approximate surface area is 151 Å². The van der Waals surface area contributed by atoms with E-state index in [0.717, 1.165) is 0 Å². The van der Waals surface area contributed by atoms with Crippen LogP contribution in [-0.2, 0) is 9.59 Å². The van der Waals surface area contributed by atoms with Crippen molar-refractivity contribution >= 4 is 62.3 Å². The highest BCUT2D eigenvalue weighted by Crippen LogP contribution is 2.32. The van der Waals surface area contributed by atoms with Gasteiger partial charge in [-0.1, -0.05) is 35.3 Å². The van der Waals surface area contributed by atoms with Gasteiger partial charge >= 0.3 is 0 Å². The molecule has 1 heterocycles. The van der Waals surface area contributed by atoms with E-state index in [4.69, 9.17) is 23.2 Å². The average Bonchev–Trinajstić information content (AvgIpc) is 2.77. The van der Waals surface area contributed by atoms with Crippen LogP contribution < -0.4 is 10.2 Å². The first-order valence-electron chi connectivity index (χ1n) is 6.80. The molecular formula is C16H11BrCl2N2O2. The Bertz CT molecular complexity index is 797. The molecule has 1 saturated heterocycles. The number of benzene rings is 2. The second-order valence-corrected chi connectivity index (χ2v) is 6.74. The largest absolute Gasteiger partial charge is 0.372 e. The molecule has 0 saturated carbocycles. The van der Waals surface area contributed by atoms with E-state index in [1.54, 1.807) is 36.4 Å². The molecule has 1 aliphatic rings. The van der Waals surface area contributed by atoms with Crippen molar-refractivity contribution in [3.8, 4) is 0 Å². The zero-order chi connectivity index (χ0) is 16.6. The van der Waals surface area contributed by atoms with Gasteiger partial charge in [0, 0.05) is 9.50 Å². The SMILES string of the molecule is O=C1C[C@@H](Nc2ccc(Cl)cc2Cl)C(=O)N1c1ccccc1Br. The van der Waals surface area contributed by atoms with Crippen molar-refractivity contribution in [3.63, 3.8) is 0 Å². The van der Waals surface area contributed by atoms with E-state index < -0.39 is 6.04 Å². The quantitative estimate of drug-likeness (QED) is 0.753. The standard InChI is InChI=1S/C16H11BrCl2N2O2/c17-10-3-1-2-4-14(10)21-15(22)8-13(16(21)23)20-12-6-5-9(18)7-11(12)19/h1-7,13,20H,8H2/t13-/m1/s1. The molecule has 1 aliphatic heterocycles. The van der Waals surface area contributed by atoms with Crippen molar-refractivity contribution < 1.29 is 9.59 Å². The van der Waals surface area contributed by atoms with Gasteiger partial charge in [0.1, 0.15) is 6.04 Å². The molecule has 118 valence electrons. The second kappa shape index (κ2) is 6.51. The minimum absolute atomic E-state index is 0.0686. The molecule has 0 radical (unpaired) electrons. The van der Waals surface area contributed by atoms with E-state index in [9.17, 15) is 9.59 Å². The Balaban J connectivity index is 1.85. The normalized spacial score (nSPS) is 17.7. The summed E-state index contributed by atoms with van der Waals surface area (Å²) >= 11 is 15.3. The predicted octanol–water partition coefficient (Wildman–Crippen LogP) is 4.50. The minimum atomic E-state index is -0.659. The van der Waals surface area contributed by atoms with Crippen LogP contribution >= 0.6 is 39.1 Å². The summed E-state index contributed by atoms with van der Waals surface area (Å²) < 4.78 is 0.687. The monoisotopic (exact) mass is 412 g/mol. The summed E-state index contributed by atoms with van der Waals surface area (Å²) in [6.45, 7) is 0. The van der Waals surface area contributed by atoms with E-state index in [-0.39, 0.29) is 18.2 Å². The van der Waals surface area contributed by atoms with Crippen LogP contribution in [0.3, 0.4) is 0 Å². The predicted molar refractivity (Wildman–Crippen MR) is 95.1 cm³/mol. The number of hydrogen-bond donors (Lipinski definition) is 1. The van der Waals surface area contributed by atoms with Crippen molar-refractivity contribution in [3.05, 3.63) is 57.0 Å². The van der Waals surface area contributed by atoms with Gasteiger partial charge < -0.3 is 5.32 Å². The van der Waals surface area contributed by atoms with Crippen LogP contribution in [0.15, 0.2) is 46.9 Å². The molecule has 4 nitrogen and oxygen atoms in total. The molecule has 1 fully saturated rings. The van der Waals surface area contributed by atoms with Gasteiger partial charge in [-0.05, 0) is 46.3 Å². The highest BCUT2D eigenvalue weighted by molar-refractivity contribution is 9.10. The zero-order valence-electron chi connectivity index (χ0n) is 11.7. The molecule has 0 aromatic heterocycles. The summed E-state index contributed by atoms with van der Waals surface area (Å²) in [6, 6.07) is 11.4. The van der Waals surface area contributed by atoms with Crippen molar-refractivity contribution in [1.29, 1.82) is 0 Å². The number of carbonyl (C=O) groups is 2. The second-order valence-electron chi connectivity index (χ2n) is 5.04. The van der Waals surface area contributed by atoms with Gasteiger partial charge in [0.05, 0.1) is 22.8 Å². The summed E-state index contributed by atoms with van der Waals surface area (Å²) in [4.78, 5) is 26.1. The number of imide groups is 1. The third-order valence-corrected chi connectivity index (χ3v) is 4.72. The van der Waals surface area contributed by atoms with Gasteiger partial charge in [-0.25, -0.2) is 4.90 Å². The molecule has 2 amide bonds. The number of nitrogens with one attached hydrogen (secondary N) is 1. The van der Waals surface area contributed by atoms with Crippen LogP contribution in [0, 0.1) is 0 Å². The maximum atomic E-state index is 12.6. The van der Waals surface area contributed by atoms with Crippen molar-refractivity contribution in [1.82, 2.24) is 0 Å². The molecule has 3 rings (SSSR count). The molecule has 2 aromatic rings. The fourth-order valence-corrected chi connectivity index (χ4v) is 3.35. The summed E-state index contributed by atoms with van der Waals surface area (Å²) in [5, 5.41) is 3.92. The summed E-state index contributed by atoms with van der Waals surface area (Å²) in [5.74, 6) is -0.572. The Morgan fingerprint density at radius 1 is 1.13 bits per heavy atom. The smallest absolute Gasteiger partial charge is 0.256 e. The Morgan fingerprint density at radius 2 is 1.87 bits per heavy atom. The lowest BCUT2D eigenvalue weighted by atomic mass is 10.2. The molecule has 1 N–H and O–H groups in total. The maximum absolute atomic E-state index is 12.6. The lowest BCUT2D eigenvalue weighted by Crippen LogP contribution is -2.35. The van der Waals surface area contributed by atoms with Crippen molar-refractivity contribution in [2.45, 2.75) is 12.5 Å².